The van der Waals surface area contributed by atoms with Gasteiger partial charge >= 0.3 is 6.09 Å². The summed E-state index contributed by atoms with van der Waals surface area (Å²) < 4.78 is 30.5. The van der Waals surface area contributed by atoms with Crippen molar-refractivity contribution in [1.29, 1.82) is 5.26 Å². The van der Waals surface area contributed by atoms with Crippen molar-refractivity contribution in [2.75, 3.05) is 13.1 Å². The zero-order valence-corrected chi connectivity index (χ0v) is 14.3. The van der Waals surface area contributed by atoms with Crippen molar-refractivity contribution in [2.24, 2.45) is 0 Å². The Hall–Kier alpha value is -2.07. The fraction of sp³-hybridized carbons (Fsp3) is 0.500. The zero-order chi connectivity index (χ0) is 17.3. The number of amides is 1. The highest BCUT2D eigenvalue weighted by molar-refractivity contribution is 7.92. The van der Waals surface area contributed by atoms with Crippen LogP contribution in [0.3, 0.4) is 0 Å². The number of likely N-dealkylation sites (tertiary alicyclic amines) is 1. The lowest BCUT2D eigenvalue weighted by Crippen LogP contribution is -2.36. The molecule has 1 aromatic carbocycles. The number of nitrogens with zero attached hydrogens (tertiary/aromatic N) is 2. The third kappa shape index (κ3) is 4.02. The van der Waals surface area contributed by atoms with Gasteiger partial charge in [-0.25, -0.2) is 13.2 Å². The molecule has 1 atom stereocenters. The van der Waals surface area contributed by atoms with Crippen LogP contribution in [-0.4, -0.2) is 43.4 Å². The molecule has 23 heavy (non-hydrogen) atoms. The van der Waals surface area contributed by atoms with Crippen LogP contribution >= 0.6 is 0 Å². The molecular formula is C16H20N2O4S. The molecule has 1 aliphatic rings. The molecule has 6 nitrogen and oxygen atoms in total. The largest absolute Gasteiger partial charge is 0.444 e. The standard InChI is InChI=1S/C16H20N2O4S/c1-16(2,3)22-15(19)18-9-8-14(11-18)23(20,21)13-6-4-12(10-17)5-7-13/h4-7,14H,8-9,11H2,1-3H3. The van der Waals surface area contributed by atoms with Crippen molar-refractivity contribution in [1.82, 2.24) is 4.90 Å². The second-order valence-corrected chi connectivity index (χ2v) is 8.75. The topological polar surface area (TPSA) is 87.5 Å². The number of sulfone groups is 1. The highest BCUT2D eigenvalue weighted by atomic mass is 32.2. The predicted molar refractivity (Wildman–Crippen MR) is 84.6 cm³/mol. The van der Waals surface area contributed by atoms with E-state index < -0.39 is 26.8 Å². The molecule has 1 fully saturated rings. The summed E-state index contributed by atoms with van der Waals surface area (Å²) in [6.45, 7) is 5.79. The molecular weight excluding hydrogens is 316 g/mol. The highest BCUT2D eigenvalue weighted by Crippen LogP contribution is 2.25. The fourth-order valence-corrected chi connectivity index (χ4v) is 4.08. The molecule has 0 spiro atoms. The lowest BCUT2D eigenvalue weighted by atomic mass is 10.2. The summed E-state index contributed by atoms with van der Waals surface area (Å²) in [7, 11) is -3.53. The number of hydrogen-bond acceptors (Lipinski definition) is 5. The van der Waals surface area contributed by atoms with Crippen LogP contribution < -0.4 is 0 Å². The molecule has 2 rings (SSSR count). The van der Waals surface area contributed by atoms with Crippen LogP contribution in [-0.2, 0) is 14.6 Å². The van der Waals surface area contributed by atoms with Crippen molar-refractivity contribution >= 4 is 15.9 Å². The summed E-state index contributed by atoms with van der Waals surface area (Å²) in [4.78, 5) is 13.6. The van der Waals surface area contributed by atoms with Crippen LogP contribution in [0.25, 0.3) is 0 Å². The van der Waals surface area contributed by atoms with Gasteiger partial charge in [0, 0.05) is 13.1 Å². The van der Waals surface area contributed by atoms with E-state index in [9.17, 15) is 13.2 Å². The Bertz CT molecular complexity index is 727. The Kier molecular flexibility index (Phi) is 4.66. The lowest BCUT2D eigenvalue weighted by Gasteiger charge is -2.24. The molecule has 1 saturated heterocycles. The van der Waals surface area contributed by atoms with E-state index in [1.165, 1.54) is 29.2 Å². The Labute approximate surface area is 136 Å². The molecule has 0 aromatic heterocycles. The van der Waals surface area contributed by atoms with Gasteiger partial charge in [0.15, 0.2) is 9.84 Å². The third-order valence-corrected chi connectivity index (χ3v) is 5.74. The summed E-state index contributed by atoms with van der Waals surface area (Å²) in [5.74, 6) is 0. The maximum atomic E-state index is 12.6. The van der Waals surface area contributed by atoms with Gasteiger partial charge in [-0.2, -0.15) is 5.26 Å². The maximum absolute atomic E-state index is 12.6. The van der Waals surface area contributed by atoms with Crippen LogP contribution in [0.15, 0.2) is 29.2 Å². The Morgan fingerprint density at radius 1 is 1.30 bits per heavy atom. The number of ether oxygens (including phenoxy) is 1. The first-order valence-corrected chi connectivity index (χ1v) is 8.90. The molecule has 124 valence electrons. The van der Waals surface area contributed by atoms with Gasteiger partial charge in [0.1, 0.15) is 5.60 Å². The van der Waals surface area contributed by atoms with Gasteiger partial charge in [-0.3, -0.25) is 0 Å². The minimum Gasteiger partial charge on any atom is -0.444 e. The van der Waals surface area contributed by atoms with E-state index in [2.05, 4.69) is 0 Å². The van der Waals surface area contributed by atoms with E-state index in [4.69, 9.17) is 10.00 Å². The van der Waals surface area contributed by atoms with Gasteiger partial charge in [0.05, 0.1) is 21.8 Å². The minimum atomic E-state index is -3.53. The van der Waals surface area contributed by atoms with Crippen LogP contribution in [0.5, 0.6) is 0 Å². The van der Waals surface area contributed by atoms with Crippen molar-refractivity contribution in [3.05, 3.63) is 29.8 Å². The van der Waals surface area contributed by atoms with Crippen molar-refractivity contribution in [2.45, 2.75) is 42.9 Å². The SMILES string of the molecule is CC(C)(C)OC(=O)N1CCC(S(=O)(=O)c2ccc(C#N)cc2)C1. The monoisotopic (exact) mass is 336 g/mol. The summed E-state index contributed by atoms with van der Waals surface area (Å²) >= 11 is 0. The fourth-order valence-electron chi connectivity index (χ4n) is 2.39. The molecule has 1 amide bonds. The average Bonchev–Trinajstić information content (AvgIpc) is 2.96. The van der Waals surface area contributed by atoms with E-state index in [-0.39, 0.29) is 11.4 Å². The van der Waals surface area contributed by atoms with Crippen molar-refractivity contribution < 1.29 is 17.9 Å². The minimum absolute atomic E-state index is 0.122. The van der Waals surface area contributed by atoms with Gasteiger partial charge in [-0.05, 0) is 51.5 Å². The van der Waals surface area contributed by atoms with E-state index in [1.807, 2.05) is 6.07 Å². The Balaban J connectivity index is 2.11. The van der Waals surface area contributed by atoms with Crippen molar-refractivity contribution in [3.63, 3.8) is 0 Å². The third-order valence-electron chi connectivity index (χ3n) is 3.55. The number of rotatable bonds is 2. The van der Waals surface area contributed by atoms with Gasteiger partial charge in [0.2, 0.25) is 0 Å². The first-order chi connectivity index (χ1) is 10.6. The number of carbonyl (C=O) groups excluding carboxylic acids is 1. The average molecular weight is 336 g/mol. The predicted octanol–water partition coefficient (Wildman–Crippen LogP) is 2.34. The Morgan fingerprint density at radius 2 is 1.91 bits per heavy atom. The van der Waals surface area contributed by atoms with Gasteiger partial charge in [-0.15, -0.1) is 0 Å². The lowest BCUT2D eigenvalue weighted by molar-refractivity contribution is 0.0295. The van der Waals surface area contributed by atoms with Crippen LogP contribution in [0, 0.1) is 11.3 Å². The molecule has 0 aliphatic carbocycles. The molecule has 1 heterocycles. The molecule has 0 radical (unpaired) electrons. The second-order valence-electron chi connectivity index (χ2n) is 6.52. The summed E-state index contributed by atoms with van der Waals surface area (Å²) in [6, 6.07) is 7.78. The molecule has 1 aliphatic heterocycles. The molecule has 7 heteroatoms. The van der Waals surface area contributed by atoms with Crippen LogP contribution in [0.4, 0.5) is 4.79 Å². The van der Waals surface area contributed by atoms with Crippen molar-refractivity contribution in [3.8, 4) is 6.07 Å². The van der Waals surface area contributed by atoms with Gasteiger partial charge in [-0.1, -0.05) is 0 Å². The summed E-state index contributed by atoms with van der Waals surface area (Å²) in [6.07, 6.45) is -0.114. The van der Waals surface area contributed by atoms with E-state index in [0.29, 0.717) is 18.5 Å². The quantitative estimate of drug-likeness (QED) is 0.827. The summed E-state index contributed by atoms with van der Waals surface area (Å²) in [5.41, 5.74) is -0.202. The molecule has 0 N–H and O–H groups in total. The molecule has 1 unspecified atom stereocenters. The number of nitriles is 1. The normalized spacial score (nSPS) is 18.5. The molecule has 0 bridgehead atoms. The number of benzene rings is 1. The Morgan fingerprint density at radius 3 is 2.43 bits per heavy atom. The summed E-state index contributed by atoms with van der Waals surface area (Å²) in [5, 5.41) is 8.12. The van der Waals surface area contributed by atoms with E-state index in [1.54, 1.807) is 20.8 Å². The zero-order valence-electron chi connectivity index (χ0n) is 13.4. The maximum Gasteiger partial charge on any atom is 0.410 e. The van der Waals surface area contributed by atoms with Gasteiger partial charge in [0.25, 0.3) is 0 Å². The second kappa shape index (κ2) is 6.20. The highest BCUT2D eigenvalue weighted by Gasteiger charge is 2.37. The molecule has 0 saturated carbocycles. The first-order valence-electron chi connectivity index (χ1n) is 7.35. The van der Waals surface area contributed by atoms with E-state index in [0.717, 1.165) is 0 Å². The first kappa shape index (κ1) is 17.3. The smallest absolute Gasteiger partial charge is 0.410 e. The number of hydrogen-bond donors (Lipinski definition) is 0. The van der Waals surface area contributed by atoms with Crippen LogP contribution in [0.2, 0.25) is 0 Å². The van der Waals surface area contributed by atoms with Gasteiger partial charge < -0.3 is 9.64 Å². The molecule has 1 aromatic rings. The van der Waals surface area contributed by atoms with E-state index >= 15 is 0 Å². The number of carbonyl (C=O) groups is 1. The van der Waals surface area contributed by atoms with Crippen LogP contribution in [0.1, 0.15) is 32.8 Å².